The lowest BCUT2D eigenvalue weighted by atomic mass is 10.1. The molecule has 9 nitrogen and oxygen atoms in total. The van der Waals surface area contributed by atoms with Crippen LogP contribution in [0.5, 0.6) is 0 Å². The number of carbonyl (C=O) groups is 1. The van der Waals surface area contributed by atoms with E-state index in [-0.39, 0.29) is 12.2 Å². The van der Waals surface area contributed by atoms with Gasteiger partial charge in [-0.3, -0.25) is 4.68 Å². The number of anilines is 1. The first kappa shape index (κ1) is 19.9. The zero-order chi connectivity index (χ0) is 21.5. The van der Waals surface area contributed by atoms with Gasteiger partial charge < -0.3 is 24.3 Å². The van der Waals surface area contributed by atoms with E-state index in [0.717, 1.165) is 46.8 Å². The molecule has 2 saturated heterocycles. The van der Waals surface area contributed by atoms with Gasteiger partial charge in [0, 0.05) is 60.7 Å². The number of aromatic nitrogens is 4. The topological polar surface area (TPSA) is 88.5 Å². The first-order valence-corrected chi connectivity index (χ1v) is 10.8. The molecule has 0 aromatic carbocycles. The molecule has 0 atom stereocenters. The first-order valence-electron chi connectivity index (χ1n) is 10.8. The molecule has 0 aliphatic carbocycles. The maximum Gasteiger partial charge on any atom is 0.410 e. The molecule has 0 bridgehead atoms. The van der Waals surface area contributed by atoms with Gasteiger partial charge in [0.2, 0.25) is 0 Å². The van der Waals surface area contributed by atoms with Gasteiger partial charge in [0.25, 0.3) is 0 Å². The van der Waals surface area contributed by atoms with Crippen LogP contribution in [0, 0.1) is 6.92 Å². The van der Waals surface area contributed by atoms with Crippen LogP contribution in [0.3, 0.4) is 0 Å². The average molecular weight is 425 g/mol. The molecule has 31 heavy (non-hydrogen) atoms. The third kappa shape index (κ3) is 3.63. The smallest absolute Gasteiger partial charge is 0.410 e. The van der Waals surface area contributed by atoms with Gasteiger partial charge in [-0.2, -0.15) is 5.10 Å². The number of hydrogen-bond donors (Lipinski definition) is 1. The van der Waals surface area contributed by atoms with E-state index >= 15 is 0 Å². The minimum atomic E-state index is -0.241. The Morgan fingerprint density at radius 3 is 2.68 bits per heavy atom. The molecule has 2 aliphatic rings. The molecule has 5 heterocycles. The number of H-pyrrole nitrogens is 1. The van der Waals surface area contributed by atoms with E-state index in [1.54, 1.807) is 4.90 Å². The standard InChI is InChI=1S/C22H28N6O3/c1-14(2)28-15(3)18(11-24-28)19-10-17-20(4-5-23-21(17)25-19)26-6-8-27(9-7-26)22(29)31-16-12-30-13-16/h4-5,10-11,14,16H,6-9,12-13H2,1-3H3,(H,23,25). The van der Waals surface area contributed by atoms with E-state index in [4.69, 9.17) is 9.47 Å². The summed E-state index contributed by atoms with van der Waals surface area (Å²) >= 11 is 0. The Morgan fingerprint density at radius 2 is 2.03 bits per heavy atom. The number of fused-ring (bicyclic) bond motifs is 1. The minimum Gasteiger partial charge on any atom is -0.441 e. The largest absolute Gasteiger partial charge is 0.441 e. The van der Waals surface area contributed by atoms with Crippen molar-refractivity contribution in [3.63, 3.8) is 0 Å². The van der Waals surface area contributed by atoms with Crippen LogP contribution in [0.2, 0.25) is 0 Å². The second-order valence-corrected chi connectivity index (χ2v) is 8.47. The number of hydrogen-bond acceptors (Lipinski definition) is 6. The highest BCUT2D eigenvalue weighted by atomic mass is 16.6. The molecule has 1 amide bonds. The number of carbonyl (C=O) groups excluding carboxylic acids is 1. The third-order valence-corrected chi connectivity index (χ3v) is 6.09. The number of piperazine rings is 1. The summed E-state index contributed by atoms with van der Waals surface area (Å²) in [6.45, 7) is 10.1. The Morgan fingerprint density at radius 1 is 1.26 bits per heavy atom. The lowest BCUT2D eigenvalue weighted by Gasteiger charge is -2.37. The van der Waals surface area contributed by atoms with Crippen LogP contribution in [0.1, 0.15) is 25.6 Å². The number of pyridine rings is 1. The molecular weight excluding hydrogens is 396 g/mol. The molecule has 9 heteroatoms. The van der Waals surface area contributed by atoms with E-state index in [1.165, 1.54) is 0 Å². The van der Waals surface area contributed by atoms with E-state index in [0.29, 0.717) is 32.3 Å². The number of ether oxygens (including phenoxy) is 2. The number of rotatable bonds is 4. The molecule has 3 aromatic rings. The Balaban J connectivity index is 1.35. The van der Waals surface area contributed by atoms with Gasteiger partial charge in [-0.25, -0.2) is 9.78 Å². The van der Waals surface area contributed by atoms with Crippen molar-refractivity contribution < 1.29 is 14.3 Å². The minimum absolute atomic E-state index is 0.0906. The summed E-state index contributed by atoms with van der Waals surface area (Å²) in [7, 11) is 0. The lowest BCUT2D eigenvalue weighted by molar-refractivity contribution is -0.104. The highest BCUT2D eigenvalue weighted by Gasteiger charge is 2.28. The van der Waals surface area contributed by atoms with Crippen molar-refractivity contribution in [2.24, 2.45) is 0 Å². The molecule has 3 aromatic heterocycles. The quantitative estimate of drug-likeness (QED) is 0.693. The first-order chi connectivity index (χ1) is 15.0. The van der Waals surface area contributed by atoms with Crippen LogP contribution in [-0.2, 0) is 9.47 Å². The monoisotopic (exact) mass is 424 g/mol. The molecule has 0 radical (unpaired) electrons. The van der Waals surface area contributed by atoms with Crippen LogP contribution < -0.4 is 4.90 Å². The van der Waals surface area contributed by atoms with Gasteiger partial charge in [-0.15, -0.1) is 0 Å². The van der Waals surface area contributed by atoms with E-state index in [2.05, 4.69) is 46.8 Å². The van der Waals surface area contributed by atoms with Gasteiger partial charge in [-0.05, 0) is 32.9 Å². The summed E-state index contributed by atoms with van der Waals surface area (Å²) in [5.41, 5.74) is 5.22. The van der Waals surface area contributed by atoms with E-state index in [1.807, 2.05) is 23.1 Å². The van der Waals surface area contributed by atoms with Gasteiger partial charge in [0.05, 0.1) is 25.1 Å². The number of nitrogens with zero attached hydrogens (tertiary/aromatic N) is 5. The molecule has 1 N–H and O–H groups in total. The molecule has 0 spiro atoms. The van der Waals surface area contributed by atoms with Crippen LogP contribution in [-0.4, -0.2) is 76.2 Å². The average Bonchev–Trinajstić information content (AvgIpc) is 3.33. The Bertz CT molecular complexity index is 1090. The zero-order valence-corrected chi connectivity index (χ0v) is 18.2. The molecule has 5 rings (SSSR count). The van der Waals surface area contributed by atoms with Crippen molar-refractivity contribution >= 4 is 22.8 Å². The van der Waals surface area contributed by atoms with Crippen molar-refractivity contribution in [2.45, 2.75) is 32.9 Å². The molecule has 0 unspecified atom stereocenters. The summed E-state index contributed by atoms with van der Waals surface area (Å²) in [6, 6.07) is 4.51. The van der Waals surface area contributed by atoms with Crippen molar-refractivity contribution in [2.75, 3.05) is 44.3 Å². The maximum absolute atomic E-state index is 12.3. The summed E-state index contributed by atoms with van der Waals surface area (Å²) in [5.74, 6) is 0. The fourth-order valence-electron chi connectivity index (χ4n) is 4.27. The molecule has 2 fully saturated rings. The number of aromatic amines is 1. The van der Waals surface area contributed by atoms with Gasteiger partial charge in [-0.1, -0.05) is 0 Å². The molecule has 164 valence electrons. The summed E-state index contributed by atoms with van der Waals surface area (Å²) in [4.78, 5) is 24.4. The van der Waals surface area contributed by atoms with Crippen LogP contribution in [0.4, 0.5) is 10.5 Å². The fourth-order valence-corrected chi connectivity index (χ4v) is 4.27. The van der Waals surface area contributed by atoms with Crippen LogP contribution in [0.25, 0.3) is 22.3 Å². The Labute approximate surface area is 180 Å². The highest BCUT2D eigenvalue weighted by Crippen LogP contribution is 2.32. The SMILES string of the molecule is Cc1c(-c2cc3c(N4CCN(C(=O)OC5COC5)CC4)ccnc3[nH]2)cnn1C(C)C. The van der Waals surface area contributed by atoms with Crippen LogP contribution in [0.15, 0.2) is 24.5 Å². The van der Waals surface area contributed by atoms with E-state index in [9.17, 15) is 4.79 Å². The molecule has 2 aliphatic heterocycles. The van der Waals surface area contributed by atoms with Gasteiger partial charge in [0.15, 0.2) is 6.10 Å². The lowest BCUT2D eigenvalue weighted by Crippen LogP contribution is -2.51. The molecule has 0 saturated carbocycles. The third-order valence-electron chi connectivity index (χ3n) is 6.09. The van der Waals surface area contributed by atoms with Crippen molar-refractivity contribution in [3.8, 4) is 11.3 Å². The van der Waals surface area contributed by atoms with Gasteiger partial charge >= 0.3 is 6.09 Å². The molecular formula is C22H28N6O3. The van der Waals surface area contributed by atoms with Crippen molar-refractivity contribution in [1.29, 1.82) is 0 Å². The summed E-state index contributed by atoms with van der Waals surface area (Å²) in [6.07, 6.45) is 3.41. The predicted molar refractivity (Wildman–Crippen MR) is 117 cm³/mol. The van der Waals surface area contributed by atoms with Crippen molar-refractivity contribution in [1.82, 2.24) is 24.6 Å². The van der Waals surface area contributed by atoms with E-state index < -0.39 is 0 Å². The zero-order valence-electron chi connectivity index (χ0n) is 18.2. The van der Waals surface area contributed by atoms with Crippen molar-refractivity contribution in [3.05, 3.63) is 30.2 Å². The number of nitrogens with one attached hydrogen (secondary N) is 1. The van der Waals surface area contributed by atoms with Gasteiger partial charge in [0.1, 0.15) is 5.65 Å². The Hall–Kier alpha value is -3.07. The Kier molecular flexibility index (Phi) is 5.05. The number of amides is 1. The normalized spacial score (nSPS) is 17.4. The maximum atomic E-state index is 12.3. The second-order valence-electron chi connectivity index (χ2n) is 8.47. The highest BCUT2D eigenvalue weighted by molar-refractivity contribution is 5.94. The summed E-state index contributed by atoms with van der Waals surface area (Å²) < 4.78 is 12.5. The fraction of sp³-hybridized carbons (Fsp3) is 0.500. The van der Waals surface area contributed by atoms with Crippen LogP contribution >= 0.6 is 0 Å². The predicted octanol–water partition coefficient (Wildman–Crippen LogP) is 2.97. The second kappa shape index (κ2) is 7.88. The summed E-state index contributed by atoms with van der Waals surface area (Å²) in [5, 5.41) is 5.62.